The largest absolute Gasteiger partial charge is 0.462 e. The van der Waals surface area contributed by atoms with Gasteiger partial charge in [0, 0.05) is 12.8 Å². The number of ether oxygens (including phenoxy) is 2. The first kappa shape index (κ1) is 40.5. The number of esters is 2. The van der Waals surface area contributed by atoms with Gasteiger partial charge in [-0.1, -0.05) is 147 Å². The number of hydrogen-bond acceptors (Lipinski definition) is 4. The van der Waals surface area contributed by atoms with Crippen LogP contribution in [0.15, 0.2) is 36.5 Å². The second-order valence-electron chi connectivity index (χ2n) is 11.5. The van der Waals surface area contributed by atoms with E-state index in [2.05, 4.69) is 50.3 Å². The maximum atomic E-state index is 12.2. The van der Waals surface area contributed by atoms with Crippen molar-refractivity contribution < 1.29 is 19.1 Å². The molecule has 0 bridgehead atoms. The van der Waals surface area contributed by atoms with Crippen LogP contribution in [0.3, 0.4) is 0 Å². The molecule has 0 amide bonds. The van der Waals surface area contributed by atoms with Crippen LogP contribution >= 0.6 is 11.6 Å². The number of carbonyl (C=O) groups excluding carboxylic acids is 2. The first-order valence-corrected chi connectivity index (χ1v) is 18.0. The van der Waals surface area contributed by atoms with Crippen molar-refractivity contribution in [2.45, 2.75) is 174 Å². The van der Waals surface area contributed by atoms with E-state index in [9.17, 15) is 9.59 Å². The zero-order valence-corrected chi connectivity index (χ0v) is 28.2. The Morgan fingerprint density at radius 2 is 1.02 bits per heavy atom. The predicted octanol–water partition coefficient (Wildman–Crippen LogP) is 11.8. The van der Waals surface area contributed by atoms with Gasteiger partial charge in [0.1, 0.15) is 12.7 Å². The summed E-state index contributed by atoms with van der Waals surface area (Å²) in [6, 6.07) is 0. The van der Waals surface area contributed by atoms with Crippen LogP contribution in [0.1, 0.15) is 168 Å². The third-order valence-corrected chi connectivity index (χ3v) is 7.76. The van der Waals surface area contributed by atoms with Crippen LogP contribution in [0.4, 0.5) is 0 Å². The molecule has 0 saturated carbocycles. The Hall–Kier alpha value is -1.55. The molecule has 0 rings (SSSR count). The third-order valence-electron chi connectivity index (χ3n) is 7.42. The highest BCUT2D eigenvalue weighted by molar-refractivity contribution is 6.18. The molecule has 5 heteroatoms. The highest BCUT2D eigenvalue weighted by atomic mass is 35.5. The molecular formula is C37H65ClO4. The summed E-state index contributed by atoms with van der Waals surface area (Å²) in [6.07, 6.45) is 39.7. The van der Waals surface area contributed by atoms with Crippen LogP contribution in [0.5, 0.6) is 0 Å². The fourth-order valence-corrected chi connectivity index (χ4v) is 4.94. The Bertz CT molecular complexity index is 685. The molecule has 0 radical (unpaired) electrons. The monoisotopic (exact) mass is 608 g/mol. The molecule has 0 unspecified atom stereocenters. The molecule has 0 heterocycles. The molecule has 0 N–H and O–H groups in total. The van der Waals surface area contributed by atoms with E-state index in [4.69, 9.17) is 21.1 Å². The van der Waals surface area contributed by atoms with Crippen LogP contribution < -0.4 is 0 Å². The SMILES string of the molecule is CC/C=C/C/C=C/C/C=C/CCCCCCCC(=O)O[C@H](CCl)COC(=O)CCCCCCCCCCCCCCC. The van der Waals surface area contributed by atoms with Gasteiger partial charge in [-0.2, -0.15) is 0 Å². The minimum absolute atomic E-state index is 0.0474. The van der Waals surface area contributed by atoms with Crippen LogP contribution in [-0.4, -0.2) is 30.5 Å². The second-order valence-corrected chi connectivity index (χ2v) is 11.9. The van der Waals surface area contributed by atoms with Gasteiger partial charge < -0.3 is 9.47 Å². The van der Waals surface area contributed by atoms with Gasteiger partial charge in [-0.3, -0.25) is 9.59 Å². The summed E-state index contributed by atoms with van der Waals surface area (Å²) in [6.45, 7) is 4.46. The van der Waals surface area contributed by atoms with E-state index in [0.29, 0.717) is 12.8 Å². The molecule has 0 fully saturated rings. The summed E-state index contributed by atoms with van der Waals surface area (Å²) in [5.41, 5.74) is 0. The molecule has 0 spiro atoms. The lowest BCUT2D eigenvalue weighted by Gasteiger charge is -2.15. The average molecular weight is 609 g/mol. The van der Waals surface area contributed by atoms with Crippen molar-refractivity contribution in [3.05, 3.63) is 36.5 Å². The van der Waals surface area contributed by atoms with Gasteiger partial charge in [0.25, 0.3) is 0 Å². The lowest BCUT2D eigenvalue weighted by atomic mass is 10.0. The summed E-state index contributed by atoms with van der Waals surface area (Å²) in [5.74, 6) is -0.346. The van der Waals surface area contributed by atoms with E-state index in [0.717, 1.165) is 57.8 Å². The van der Waals surface area contributed by atoms with E-state index in [-0.39, 0.29) is 24.4 Å². The Morgan fingerprint density at radius 1 is 0.571 bits per heavy atom. The van der Waals surface area contributed by atoms with Crippen LogP contribution in [0, 0.1) is 0 Å². The van der Waals surface area contributed by atoms with Crippen molar-refractivity contribution in [2.75, 3.05) is 12.5 Å². The number of allylic oxidation sites excluding steroid dienone is 6. The van der Waals surface area contributed by atoms with E-state index in [1.807, 2.05) is 0 Å². The smallest absolute Gasteiger partial charge is 0.306 e. The van der Waals surface area contributed by atoms with Gasteiger partial charge in [-0.15, -0.1) is 11.6 Å². The van der Waals surface area contributed by atoms with Gasteiger partial charge in [0.05, 0.1) is 5.88 Å². The number of alkyl halides is 1. The fourth-order valence-electron chi connectivity index (χ4n) is 4.79. The normalized spacial score (nSPS) is 12.5. The molecular weight excluding hydrogens is 544 g/mol. The van der Waals surface area contributed by atoms with Gasteiger partial charge in [0.15, 0.2) is 0 Å². The van der Waals surface area contributed by atoms with E-state index >= 15 is 0 Å². The molecule has 244 valence electrons. The molecule has 0 aromatic rings. The minimum Gasteiger partial charge on any atom is -0.462 e. The number of carbonyl (C=O) groups is 2. The van der Waals surface area contributed by atoms with Crippen molar-refractivity contribution in [2.24, 2.45) is 0 Å². The van der Waals surface area contributed by atoms with Crippen molar-refractivity contribution >= 4 is 23.5 Å². The number of hydrogen-bond donors (Lipinski definition) is 0. The first-order chi connectivity index (χ1) is 20.6. The molecule has 0 aromatic carbocycles. The Morgan fingerprint density at radius 3 is 1.55 bits per heavy atom. The quantitative estimate of drug-likeness (QED) is 0.0340. The van der Waals surface area contributed by atoms with Crippen molar-refractivity contribution in [1.82, 2.24) is 0 Å². The highest BCUT2D eigenvalue weighted by Gasteiger charge is 2.16. The second kappa shape index (κ2) is 33.9. The maximum Gasteiger partial charge on any atom is 0.306 e. The van der Waals surface area contributed by atoms with E-state index < -0.39 is 6.10 Å². The van der Waals surface area contributed by atoms with E-state index in [1.54, 1.807) is 0 Å². The molecule has 0 aliphatic heterocycles. The zero-order valence-electron chi connectivity index (χ0n) is 27.4. The lowest BCUT2D eigenvalue weighted by molar-refractivity contribution is -0.157. The predicted molar refractivity (Wildman–Crippen MR) is 181 cm³/mol. The average Bonchev–Trinajstić information content (AvgIpc) is 2.99. The lowest BCUT2D eigenvalue weighted by Crippen LogP contribution is -2.26. The van der Waals surface area contributed by atoms with Gasteiger partial charge >= 0.3 is 11.9 Å². The number of rotatable bonds is 31. The van der Waals surface area contributed by atoms with E-state index in [1.165, 1.54) is 83.5 Å². The molecule has 0 aliphatic rings. The summed E-state index contributed by atoms with van der Waals surface area (Å²) in [5, 5.41) is 0. The maximum absolute atomic E-state index is 12.2. The molecule has 0 aromatic heterocycles. The first-order valence-electron chi connectivity index (χ1n) is 17.5. The fraction of sp³-hybridized carbons (Fsp3) is 0.784. The van der Waals surface area contributed by atoms with Crippen molar-refractivity contribution in [3.8, 4) is 0 Å². The highest BCUT2D eigenvalue weighted by Crippen LogP contribution is 2.14. The summed E-state index contributed by atoms with van der Waals surface area (Å²) < 4.78 is 10.7. The zero-order chi connectivity index (χ0) is 30.8. The Balaban J connectivity index is 3.60. The molecule has 4 nitrogen and oxygen atoms in total. The van der Waals surface area contributed by atoms with Gasteiger partial charge in [0.2, 0.25) is 0 Å². The van der Waals surface area contributed by atoms with Crippen LogP contribution in [0.2, 0.25) is 0 Å². The van der Waals surface area contributed by atoms with Crippen molar-refractivity contribution in [1.29, 1.82) is 0 Å². The topological polar surface area (TPSA) is 52.6 Å². The summed E-state index contributed by atoms with van der Waals surface area (Å²) in [4.78, 5) is 24.2. The summed E-state index contributed by atoms with van der Waals surface area (Å²) in [7, 11) is 0. The summed E-state index contributed by atoms with van der Waals surface area (Å²) >= 11 is 5.95. The minimum atomic E-state index is -0.566. The van der Waals surface area contributed by atoms with Crippen molar-refractivity contribution in [3.63, 3.8) is 0 Å². The molecule has 0 saturated heterocycles. The van der Waals surface area contributed by atoms with Gasteiger partial charge in [-0.25, -0.2) is 0 Å². The molecule has 42 heavy (non-hydrogen) atoms. The third kappa shape index (κ3) is 31.4. The number of unbranched alkanes of at least 4 members (excludes halogenated alkanes) is 17. The van der Waals surface area contributed by atoms with Crippen LogP contribution in [-0.2, 0) is 19.1 Å². The van der Waals surface area contributed by atoms with Gasteiger partial charge in [-0.05, 0) is 44.9 Å². The molecule has 1 atom stereocenters. The Labute approximate surface area is 265 Å². The number of halogens is 1. The van der Waals surface area contributed by atoms with Crippen LogP contribution in [0.25, 0.3) is 0 Å². The Kier molecular flexibility index (Phi) is 32.7. The molecule has 0 aliphatic carbocycles. The standard InChI is InChI=1S/C37H65ClO4/c1-3-5-7-9-11-13-15-17-18-20-22-24-26-28-30-32-37(40)42-35(33-38)34-41-36(39)31-29-27-25-23-21-19-16-14-12-10-8-6-4-2/h5,7,11,13,17-18,35H,3-4,6,8-10,12,14-16,19-34H2,1-2H3/b7-5+,13-11+,18-17+/t35-/m1/s1.